The molecule has 0 amide bonds. The van der Waals surface area contributed by atoms with Crippen LogP contribution in [0.25, 0.3) is 0 Å². The number of thioether (sulfide) groups is 1. The van der Waals surface area contributed by atoms with E-state index in [1.54, 1.807) is 18.2 Å². The summed E-state index contributed by atoms with van der Waals surface area (Å²) in [6.07, 6.45) is -0.799. The standard InChI is InChI=1S/C13H17Cl2NO3S/c1-7-11(6-18-7)19-13(10(17)5-16)20-12-4-8(14)2-3-9(12)15/h2-4,7,10-11,13,17H,5-6,16H2,1H3/t7?,10-,11?,13?/m0/s1. The molecule has 3 N–H and O–H groups in total. The summed E-state index contributed by atoms with van der Waals surface area (Å²) in [6.45, 7) is 2.56. The summed E-state index contributed by atoms with van der Waals surface area (Å²) in [5, 5.41) is 11.2. The molecule has 112 valence electrons. The van der Waals surface area contributed by atoms with Crippen LogP contribution in [0.3, 0.4) is 0 Å². The Labute approximate surface area is 132 Å². The van der Waals surface area contributed by atoms with Crippen molar-refractivity contribution in [1.82, 2.24) is 0 Å². The van der Waals surface area contributed by atoms with E-state index in [2.05, 4.69) is 0 Å². The summed E-state index contributed by atoms with van der Waals surface area (Å²) in [4.78, 5) is 0.754. The maximum Gasteiger partial charge on any atom is 0.135 e. The molecule has 0 saturated carbocycles. The van der Waals surface area contributed by atoms with Crippen molar-refractivity contribution in [1.29, 1.82) is 0 Å². The molecule has 7 heteroatoms. The summed E-state index contributed by atoms with van der Waals surface area (Å²) >= 11 is 13.4. The van der Waals surface area contributed by atoms with Crippen LogP contribution >= 0.6 is 35.0 Å². The van der Waals surface area contributed by atoms with Crippen molar-refractivity contribution in [3.8, 4) is 0 Å². The van der Waals surface area contributed by atoms with E-state index in [4.69, 9.17) is 38.4 Å². The molecule has 1 fully saturated rings. The molecule has 0 aromatic heterocycles. The minimum atomic E-state index is -0.789. The van der Waals surface area contributed by atoms with Crippen LogP contribution in [0.1, 0.15) is 6.92 Å². The number of hydrogen-bond acceptors (Lipinski definition) is 5. The van der Waals surface area contributed by atoms with E-state index in [1.807, 2.05) is 6.92 Å². The van der Waals surface area contributed by atoms with Gasteiger partial charge in [-0.25, -0.2) is 0 Å². The molecular weight excluding hydrogens is 321 g/mol. The number of aliphatic hydroxyl groups excluding tert-OH is 1. The minimum Gasteiger partial charge on any atom is -0.388 e. The second kappa shape index (κ2) is 7.31. The Hall–Kier alpha value is -0.0100. The normalized spacial score (nSPS) is 25.1. The highest BCUT2D eigenvalue weighted by Gasteiger charge is 2.34. The van der Waals surface area contributed by atoms with Gasteiger partial charge in [-0.2, -0.15) is 0 Å². The molecule has 4 atom stereocenters. The molecule has 3 unspecified atom stereocenters. The van der Waals surface area contributed by atoms with E-state index >= 15 is 0 Å². The second-order valence-corrected chi connectivity index (χ2v) is 6.56. The van der Waals surface area contributed by atoms with Gasteiger partial charge in [-0.15, -0.1) is 0 Å². The molecule has 2 rings (SSSR count). The Kier molecular flexibility index (Phi) is 5.98. The summed E-state index contributed by atoms with van der Waals surface area (Å²) in [7, 11) is 0. The zero-order valence-corrected chi connectivity index (χ0v) is 13.3. The van der Waals surface area contributed by atoms with E-state index in [0.717, 1.165) is 4.90 Å². The van der Waals surface area contributed by atoms with Gasteiger partial charge in [0.25, 0.3) is 0 Å². The van der Waals surface area contributed by atoms with Crippen molar-refractivity contribution in [2.45, 2.75) is 35.6 Å². The predicted molar refractivity (Wildman–Crippen MR) is 81.5 cm³/mol. The first-order valence-corrected chi connectivity index (χ1v) is 7.91. The fourth-order valence-electron chi connectivity index (χ4n) is 1.69. The molecule has 0 radical (unpaired) electrons. The zero-order valence-electron chi connectivity index (χ0n) is 11.0. The maximum atomic E-state index is 10.0. The van der Waals surface area contributed by atoms with Crippen LogP contribution < -0.4 is 5.73 Å². The molecule has 1 aromatic rings. The molecule has 0 spiro atoms. The van der Waals surface area contributed by atoms with Gasteiger partial charge in [0.15, 0.2) is 0 Å². The Morgan fingerprint density at radius 1 is 1.55 bits per heavy atom. The van der Waals surface area contributed by atoms with Gasteiger partial charge < -0.3 is 20.3 Å². The first-order valence-electron chi connectivity index (χ1n) is 6.28. The first-order chi connectivity index (χ1) is 9.51. The third-order valence-corrected chi connectivity index (χ3v) is 4.97. The average Bonchev–Trinajstić information content (AvgIpc) is 2.44. The lowest BCUT2D eigenvalue weighted by molar-refractivity contribution is -0.195. The molecule has 1 saturated heterocycles. The van der Waals surface area contributed by atoms with Gasteiger partial charge in [-0.05, 0) is 25.1 Å². The molecule has 0 aliphatic carbocycles. The molecule has 1 heterocycles. The SMILES string of the molecule is CC1OCC1OC(Sc1cc(Cl)ccc1Cl)[C@@H](O)CN. The van der Waals surface area contributed by atoms with Crippen LogP contribution in [-0.2, 0) is 9.47 Å². The number of benzene rings is 1. The Bertz CT molecular complexity index is 463. The molecule has 20 heavy (non-hydrogen) atoms. The van der Waals surface area contributed by atoms with E-state index in [9.17, 15) is 5.11 Å². The fourth-order valence-corrected chi connectivity index (χ4v) is 3.27. The lowest BCUT2D eigenvalue weighted by Gasteiger charge is -2.37. The minimum absolute atomic E-state index is 0.0258. The average molecular weight is 338 g/mol. The van der Waals surface area contributed by atoms with Crippen molar-refractivity contribution in [3.63, 3.8) is 0 Å². The van der Waals surface area contributed by atoms with Crippen LogP contribution in [0, 0.1) is 0 Å². The van der Waals surface area contributed by atoms with Crippen LogP contribution in [-0.4, -0.2) is 42.0 Å². The fraction of sp³-hybridized carbons (Fsp3) is 0.538. The van der Waals surface area contributed by atoms with E-state index in [0.29, 0.717) is 16.7 Å². The van der Waals surface area contributed by atoms with Crippen LogP contribution in [0.5, 0.6) is 0 Å². The van der Waals surface area contributed by atoms with Crippen LogP contribution in [0.4, 0.5) is 0 Å². The number of nitrogens with two attached hydrogens (primary N) is 1. The molecular formula is C13H17Cl2NO3S. The van der Waals surface area contributed by atoms with Crippen molar-refractivity contribution in [2.75, 3.05) is 13.2 Å². The summed E-state index contributed by atoms with van der Waals surface area (Å²) in [6, 6.07) is 5.17. The van der Waals surface area contributed by atoms with Gasteiger partial charge in [0, 0.05) is 16.5 Å². The zero-order chi connectivity index (χ0) is 14.7. The van der Waals surface area contributed by atoms with Crippen molar-refractivity contribution < 1.29 is 14.6 Å². The third kappa shape index (κ3) is 4.01. The van der Waals surface area contributed by atoms with Crippen molar-refractivity contribution in [2.24, 2.45) is 5.73 Å². The molecule has 1 aromatic carbocycles. The Morgan fingerprint density at radius 3 is 2.85 bits per heavy atom. The second-order valence-electron chi connectivity index (χ2n) is 4.58. The van der Waals surface area contributed by atoms with Gasteiger partial charge >= 0.3 is 0 Å². The Balaban J connectivity index is 2.08. The first kappa shape index (κ1) is 16.4. The highest BCUT2D eigenvalue weighted by atomic mass is 35.5. The lowest BCUT2D eigenvalue weighted by atomic mass is 10.1. The maximum absolute atomic E-state index is 10.0. The molecule has 1 aliphatic heterocycles. The number of rotatable bonds is 6. The number of halogens is 2. The molecule has 4 nitrogen and oxygen atoms in total. The van der Waals surface area contributed by atoms with Gasteiger partial charge in [-0.1, -0.05) is 35.0 Å². The monoisotopic (exact) mass is 337 g/mol. The summed E-state index contributed by atoms with van der Waals surface area (Å²) < 4.78 is 11.1. The van der Waals surface area contributed by atoms with Gasteiger partial charge in [0.05, 0.1) is 17.7 Å². The van der Waals surface area contributed by atoms with E-state index in [1.165, 1.54) is 11.8 Å². The van der Waals surface area contributed by atoms with Crippen molar-refractivity contribution >= 4 is 35.0 Å². The Morgan fingerprint density at radius 2 is 2.30 bits per heavy atom. The van der Waals surface area contributed by atoms with E-state index < -0.39 is 11.5 Å². The largest absolute Gasteiger partial charge is 0.388 e. The summed E-state index contributed by atoms with van der Waals surface area (Å²) in [5.74, 6) is 0. The highest BCUT2D eigenvalue weighted by molar-refractivity contribution is 8.00. The van der Waals surface area contributed by atoms with Crippen molar-refractivity contribution in [3.05, 3.63) is 28.2 Å². The smallest absolute Gasteiger partial charge is 0.135 e. The molecule has 0 bridgehead atoms. The van der Waals surface area contributed by atoms with Gasteiger partial charge in [-0.3, -0.25) is 0 Å². The third-order valence-electron chi connectivity index (χ3n) is 3.05. The highest BCUT2D eigenvalue weighted by Crippen LogP contribution is 2.35. The topological polar surface area (TPSA) is 64.7 Å². The predicted octanol–water partition coefficient (Wildman–Crippen LogP) is 2.54. The van der Waals surface area contributed by atoms with Gasteiger partial charge in [0.2, 0.25) is 0 Å². The lowest BCUT2D eigenvalue weighted by Crippen LogP contribution is -2.48. The molecule has 1 aliphatic rings. The van der Waals surface area contributed by atoms with Gasteiger partial charge in [0.1, 0.15) is 17.6 Å². The number of aliphatic hydroxyl groups is 1. The van der Waals surface area contributed by atoms with Crippen LogP contribution in [0.2, 0.25) is 10.0 Å². The summed E-state index contributed by atoms with van der Waals surface area (Å²) in [5.41, 5.74) is 5.02. The van der Waals surface area contributed by atoms with E-state index in [-0.39, 0.29) is 18.8 Å². The quantitative estimate of drug-likeness (QED) is 0.616. The number of hydrogen-bond donors (Lipinski definition) is 2. The number of ether oxygens (including phenoxy) is 2. The van der Waals surface area contributed by atoms with Crippen LogP contribution in [0.15, 0.2) is 23.1 Å².